The van der Waals surface area contributed by atoms with Crippen LogP contribution in [0.25, 0.3) is 11.1 Å². The molecule has 37 heavy (non-hydrogen) atoms. The number of halogens is 5. The van der Waals surface area contributed by atoms with Crippen LogP contribution >= 0.6 is 23.2 Å². The number of amides is 2. The van der Waals surface area contributed by atoms with E-state index in [4.69, 9.17) is 34.9 Å². The fourth-order valence-corrected chi connectivity index (χ4v) is 4.31. The first-order chi connectivity index (χ1) is 17.5. The van der Waals surface area contributed by atoms with Gasteiger partial charge in [0.15, 0.2) is 0 Å². The summed E-state index contributed by atoms with van der Waals surface area (Å²) in [4.78, 5) is 33.9. The molecule has 1 fully saturated rings. The van der Waals surface area contributed by atoms with E-state index in [0.29, 0.717) is 16.0 Å². The third-order valence-electron chi connectivity index (χ3n) is 5.55. The summed E-state index contributed by atoms with van der Waals surface area (Å²) in [6, 6.07) is 5.22. The number of anilines is 1. The van der Waals surface area contributed by atoms with E-state index in [1.165, 1.54) is 30.6 Å². The molecular weight excluding hydrogens is 530 g/mol. The van der Waals surface area contributed by atoms with Crippen LogP contribution in [0.4, 0.5) is 18.9 Å². The minimum Gasteiger partial charge on any atom is -0.320 e. The maximum Gasteiger partial charge on any atom is 0.275 e. The lowest BCUT2D eigenvalue weighted by Crippen LogP contribution is -2.36. The minimum atomic E-state index is -3.21. The predicted molar refractivity (Wildman–Crippen MR) is 130 cm³/mol. The number of alkyl halides is 2. The van der Waals surface area contributed by atoms with Gasteiger partial charge in [0.1, 0.15) is 17.6 Å². The topological polar surface area (TPSA) is 99.0 Å². The van der Waals surface area contributed by atoms with Gasteiger partial charge in [0, 0.05) is 29.9 Å². The van der Waals surface area contributed by atoms with Crippen LogP contribution in [0.15, 0.2) is 42.9 Å². The summed E-state index contributed by atoms with van der Waals surface area (Å²) >= 11 is 12.4. The Bertz CT molecular complexity index is 1520. The lowest BCUT2D eigenvalue weighted by molar-refractivity contribution is 0.0118. The Morgan fingerprint density at radius 3 is 2.62 bits per heavy atom. The number of carbonyl (C=O) groups excluding carboxylic acids is 2. The summed E-state index contributed by atoms with van der Waals surface area (Å²) in [6.45, 7) is -0.942. The van der Waals surface area contributed by atoms with Gasteiger partial charge in [-0.25, -0.2) is 18.2 Å². The maximum absolute atomic E-state index is 14.9. The molecule has 2 amide bonds. The van der Waals surface area contributed by atoms with Gasteiger partial charge in [0.2, 0.25) is 0 Å². The van der Waals surface area contributed by atoms with E-state index in [0.717, 1.165) is 12.3 Å². The Balaban J connectivity index is 1.55. The lowest BCUT2D eigenvalue weighted by Gasteiger charge is -2.19. The Labute approximate surface area is 218 Å². The number of pyridine rings is 2. The largest absolute Gasteiger partial charge is 0.320 e. The molecule has 0 bridgehead atoms. The van der Waals surface area contributed by atoms with E-state index in [1.54, 1.807) is 6.07 Å². The number of aromatic nitrogens is 2. The molecule has 1 aromatic carbocycles. The van der Waals surface area contributed by atoms with E-state index >= 15 is 0 Å². The first-order valence-electron chi connectivity index (χ1n) is 10.5. The first-order valence-corrected chi connectivity index (χ1v) is 11.3. The third-order valence-corrected chi connectivity index (χ3v) is 6.15. The van der Waals surface area contributed by atoms with Gasteiger partial charge in [0.25, 0.3) is 17.7 Å². The highest BCUT2D eigenvalue weighted by molar-refractivity contribution is 6.35. The predicted octanol–water partition coefficient (Wildman–Crippen LogP) is 5.20. The Morgan fingerprint density at radius 2 is 1.95 bits per heavy atom. The summed E-state index contributed by atoms with van der Waals surface area (Å²) in [7, 11) is 0. The van der Waals surface area contributed by atoms with Crippen LogP contribution in [0.1, 0.15) is 32.8 Å². The van der Waals surface area contributed by atoms with Crippen molar-refractivity contribution in [3.8, 4) is 29.5 Å². The van der Waals surface area contributed by atoms with Gasteiger partial charge < -0.3 is 10.2 Å². The van der Waals surface area contributed by atoms with Crippen LogP contribution in [0.2, 0.25) is 10.0 Å². The monoisotopic (exact) mass is 543 g/mol. The fourth-order valence-electron chi connectivity index (χ4n) is 3.82. The van der Waals surface area contributed by atoms with E-state index < -0.39 is 42.6 Å². The summed E-state index contributed by atoms with van der Waals surface area (Å²) in [6.07, 6.45) is 8.56. The van der Waals surface area contributed by atoms with Gasteiger partial charge in [-0.15, -0.1) is 6.42 Å². The molecule has 4 rings (SSSR count). The number of nitrogens with one attached hydrogen (secondary N) is 1. The molecule has 0 aliphatic carbocycles. The Kier molecular flexibility index (Phi) is 7.08. The SMILES string of the molecule is C#Cc1cnccc1-c1cc(Cl)c(C(=O)Nc2cnc(C(=O)N3CC(F)(F)C[C@H]3C#N)c(Cl)c2)cc1F. The molecule has 0 saturated carbocycles. The number of carbonyl (C=O) groups is 2. The van der Waals surface area contributed by atoms with Gasteiger partial charge in [-0.1, -0.05) is 29.1 Å². The molecule has 12 heteroatoms. The van der Waals surface area contributed by atoms with Crippen LogP contribution < -0.4 is 5.32 Å². The van der Waals surface area contributed by atoms with Gasteiger partial charge in [-0.2, -0.15) is 5.26 Å². The normalized spacial score (nSPS) is 16.1. The second-order valence-electron chi connectivity index (χ2n) is 8.02. The summed E-state index contributed by atoms with van der Waals surface area (Å²) in [5.74, 6) is -3.32. The fraction of sp³-hybridized carbons (Fsp3) is 0.160. The molecule has 1 aliphatic heterocycles. The zero-order chi connectivity index (χ0) is 26.9. The standard InChI is InChI=1S/C25H14Cl2F3N5O2/c1-2-13-10-32-4-3-16(13)17-6-19(26)18(7-21(17)28)23(36)34-14-5-20(27)22(33-11-14)24(37)35-12-25(29,30)8-15(35)9-31/h1,3-7,10-11,15H,8,12H2,(H,34,36)/t15-/m0/s1. The number of likely N-dealkylation sites (tertiary alicyclic amines) is 1. The number of rotatable bonds is 4. The molecule has 1 saturated heterocycles. The molecule has 1 atom stereocenters. The highest BCUT2D eigenvalue weighted by Crippen LogP contribution is 2.34. The minimum absolute atomic E-state index is 0.0273. The van der Waals surface area contributed by atoms with Crippen LogP contribution in [0.3, 0.4) is 0 Å². The van der Waals surface area contributed by atoms with Crippen molar-refractivity contribution in [2.75, 3.05) is 11.9 Å². The summed E-state index contributed by atoms with van der Waals surface area (Å²) in [5, 5.41) is 11.2. The number of nitriles is 1. The smallest absolute Gasteiger partial charge is 0.275 e. The maximum atomic E-state index is 14.9. The van der Waals surface area contributed by atoms with Crippen LogP contribution in [-0.4, -0.2) is 45.2 Å². The summed E-state index contributed by atoms with van der Waals surface area (Å²) in [5.41, 5.74) is 0.240. The van der Waals surface area contributed by atoms with Gasteiger partial charge in [0.05, 0.1) is 45.7 Å². The molecule has 2 aromatic heterocycles. The van der Waals surface area contributed by atoms with E-state index in [1.807, 2.05) is 0 Å². The van der Waals surface area contributed by atoms with Gasteiger partial charge in [-0.05, 0) is 24.3 Å². The quantitative estimate of drug-likeness (QED) is 0.456. The lowest BCUT2D eigenvalue weighted by atomic mass is 10.00. The number of nitrogens with zero attached hydrogens (tertiary/aromatic N) is 4. The molecule has 186 valence electrons. The van der Waals surface area contributed by atoms with E-state index in [-0.39, 0.29) is 32.6 Å². The second-order valence-corrected chi connectivity index (χ2v) is 8.84. The van der Waals surface area contributed by atoms with Gasteiger partial charge in [-0.3, -0.25) is 14.6 Å². The second kappa shape index (κ2) is 10.1. The molecule has 1 aliphatic rings. The molecule has 0 spiro atoms. The molecule has 3 heterocycles. The molecular formula is C25H14Cl2F3N5O2. The Morgan fingerprint density at radius 1 is 1.19 bits per heavy atom. The van der Waals surface area contributed by atoms with Crippen molar-refractivity contribution in [3.05, 3.63) is 75.5 Å². The highest BCUT2D eigenvalue weighted by atomic mass is 35.5. The van der Waals surface area contributed by atoms with Crippen molar-refractivity contribution in [2.45, 2.75) is 18.4 Å². The van der Waals surface area contributed by atoms with Crippen LogP contribution in [-0.2, 0) is 0 Å². The molecule has 3 aromatic rings. The number of benzene rings is 1. The van der Waals surface area contributed by atoms with Crippen molar-refractivity contribution < 1.29 is 22.8 Å². The summed E-state index contributed by atoms with van der Waals surface area (Å²) < 4.78 is 42.3. The van der Waals surface area contributed by atoms with Crippen LogP contribution in [0, 0.1) is 29.5 Å². The zero-order valence-electron chi connectivity index (χ0n) is 18.6. The van der Waals surface area contributed by atoms with Crippen molar-refractivity contribution in [1.82, 2.24) is 14.9 Å². The van der Waals surface area contributed by atoms with Crippen LogP contribution in [0.5, 0.6) is 0 Å². The molecule has 1 N–H and O–H groups in total. The van der Waals surface area contributed by atoms with Crippen molar-refractivity contribution in [3.63, 3.8) is 0 Å². The van der Waals surface area contributed by atoms with Gasteiger partial charge >= 0.3 is 0 Å². The zero-order valence-corrected chi connectivity index (χ0v) is 20.1. The van der Waals surface area contributed by atoms with E-state index in [9.17, 15) is 22.8 Å². The third kappa shape index (κ3) is 5.21. The number of hydrogen-bond donors (Lipinski definition) is 1. The molecule has 7 nitrogen and oxygen atoms in total. The van der Waals surface area contributed by atoms with Crippen molar-refractivity contribution >= 4 is 40.7 Å². The van der Waals surface area contributed by atoms with Crippen molar-refractivity contribution in [1.29, 1.82) is 5.26 Å². The first kappa shape index (κ1) is 26.0. The molecule has 0 unspecified atom stereocenters. The number of hydrogen-bond acceptors (Lipinski definition) is 5. The van der Waals surface area contributed by atoms with Crippen molar-refractivity contribution in [2.24, 2.45) is 0 Å². The average Bonchev–Trinajstić information content (AvgIpc) is 3.19. The average molecular weight is 544 g/mol. The Hall–Kier alpha value is -4.12. The number of terminal acetylenes is 1. The highest BCUT2D eigenvalue weighted by Gasteiger charge is 2.48. The van der Waals surface area contributed by atoms with E-state index in [2.05, 4.69) is 21.2 Å². The molecule has 0 radical (unpaired) electrons.